The van der Waals surface area contributed by atoms with E-state index in [2.05, 4.69) is 15.9 Å². The second kappa shape index (κ2) is 6.21. The highest BCUT2D eigenvalue weighted by Gasteiger charge is 2.15. The third-order valence-corrected chi connectivity index (χ3v) is 4.15. The average Bonchev–Trinajstić information content (AvgIpc) is 2.37. The van der Waals surface area contributed by atoms with Gasteiger partial charge in [0.15, 0.2) is 0 Å². The Morgan fingerprint density at radius 3 is 2.47 bits per heavy atom. The molecule has 0 saturated carbocycles. The largest absolute Gasteiger partial charge is 0.207 e. The molecule has 0 heterocycles. The second-order valence-electron chi connectivity index (χ2n) is 4.05. The first-order chi connectivity index (χ1) is 8.99. The van der Waals surface area contributed by atoms with Gasteiger partial charge in [-0.3, -0.25) is 0 Å². The van der Waals surface area contributed by atoms with Gasteiger partial charge in [-0.25, -0.2) is 8.78 Å². The Bertz CT molecular complexity index is 582. The number of rotatable bonds is 3. The molecule has 2 aromatic carbocycles. The standard InChI is InChI=1S/C14H9BrCl2F2/c15-10-5-4-8(6-14(10)19)12(17)7-9-11(16)2-1-3-13(9)18/h1-6,12H,7H2. The summed E-state index contributed by atoms with van der Waals surface area (Å²) >= 11 is 15.2. The Hall–Kier alpha value is -0.640. The van der Waals surface area contributed by atoms with E-state index in [0.29, 0.717) is 20.6 Å². The van der Waals surface area contributed by atoms with Crippen LogP contribution in [0.4, 0.5) is 8.78 Å². The van der Waals surface area contributed by atoms with E-state index in [-0.39, 0.29) is 6.42 Å². The molecule has 0 saturated heterocycles. The van der Waals surface area contributed by atoms with Crippen molar-refractivity contribution in [3.05, 3.63) is 68.7 Å². The Morgan fingerprint density at radius 1 is 1.11 bits per heavy atom. The Labute approximate surface area is 128 Å². The summed E-state index contributed by atoms with van der Waals surface area (Å²) in [5.41, 5.74) is 0.925. The third kappa shape index (κ3) is 3.47. The predicted octanol–water partition coefficient (Wildman–Crippen LogP) is 5.90. The monoisotopic (exact) mass is 364 g/mol. The van der Waals surface area contributed by atoms with E-state index in [0.717, 1.165) is 0 Å². The summed E-state index contributed by atoms with van der Waals surface area (Å²) in [5.74, 6) is -0.807. The number of hydrogen-bond acceptors (Lipinski definition) is 0. The minimum absolute atomic E-state index is 0.203. The Kier molecular flexibility index (Phi) is 4.82. The summed E-state index contributed by atoms with van der Waals surface area (Å²) < 4.78 is 27.4. The van der Waals surface area contributed by atoms with Gasteiger partial charge in [0.25, 0.3) is 0 Å². The Morgan fingerprint density at radius 2 is 1.84 bits per heavy atom. The summed E-state index contributed by atoms with van der Waals surface area (Å²) in [5, 5.41) is -0.222. The number of alkyl halides is 1. The molecule has 0 aromatic heterocycles. The van der Waals surface area contributed by atoms with E-state index < -0.39 is 17.0 Å². The average molecular weight is 366 g/mol. The van der Waals surface area contributed by atoms with Gasteiger partial charge in [-0.05, 0) is 52.2 Å². The minimum atomic E-state index is -0.544. The second-order valence-corrected chi connectivity index (χ2v) is 5.83. The fourth-order valence-corrected chi connectivity index (χ4v) is 2.51. The quantitative estimate of drug-likeness (QED) is 0.593. The molecule has 0 spiro atoms. The van der Waals surface area contributed by atoms with Gasteiger partial charge in [-0.1, -0.05) is 23.7 Å². The Balaban J connectivity index is 2.25. The van der Waals surface area contributed by atoms with Crippen molar-refractivity contribution >= 4 is 39.1 Å². The minimum Gasteiger partial charge on any atom is -0.207 e. The van der Waals surface area contributed by atoms with Crippen molar-refractivity contribution in [1.29, 1.82) is 0 Å². The molecule has 0 aliphatic rings. The van der Waals surface area contributed by atoms with Gasteiger partial charge in [-0.2, -0.15) is 0 Å². The molecule has 0 N–H and O–H groups in total. The summed E-state index contributed by atoms with van der Waals surface area (Å²) in [7, 11) is 0. The topological polar surface area (TPSA) is 0 Å². The molecule has 1 unspecified atom stereocenters. The zero-order chi connectivity index (χ0) is 14.0. The van der Waals surface area contributed by atoms with Crippen LogP contribution in [0.5, 0.6) is 0 Å². The zero-order valence-corrected chi connectivity index (χ0v) is 12.7. The maximum absolute atomic E-state index is 13.6. The van der Waals surface area contributed by atoms with Gasteiger partial charge in [-0.15, -0.1) is 11.6 Å². The molecule has 0 bridgehead atoms. The van der Waals surface area contributed by atoms with Crippen LogP contribution in [-0.4, -0.2) is 0 Å². The summed E-state index contributed by atoms with van der Waals surface area (Å²) in [6, 6.07) is 9.06. The smallest absolute Gasteiger partial charge is 0.137 e. The van der Waals surface area contributed by atoms with E-state index in [1.165, 1.54) is 18.2 Å². The zero-order valence-electron chi connectivity index (χ0n) is 9.64. The first-order valence-corrected chi connectivity index (χ1v) is 7.11. The summed E-state index contributed by atoms with van der Waals surface area (Å²) in [4.78, 5) is 0. The lowest BCUT2D eigenvalue weighted by Gasteiger charge is -2.12. The lowest BCUT2D eigenvalue weighted by atomic mass is 10.0. The van der Waals surface area contributed by atoms with Gasteiger partial charge in [0.05, 0.1) is 9.85 Å². The van der Waals surface area contributed by atoms with Crippen molar-refractivity contribution in [3.8, 4) is 0 Å². The number of halogens is 5. The van der Waals surface area contributed by atoms with Crippen LogP contribution < -0.4 is 0 Å². The molecule has 0 amide bonds. The highest BCUT2D eigenvalue weighted by molar-refractivity contribution is 9.10. The van der Waals surface area contributed by atoms with Crippen LogP contribution in [-0.2, 0) is 6.42 Å². The van der Waals surface area contributed by atoms with Crippen LogP contribution >= 0.6 is 39.1 Å². The van der Waals surface area contributed by atoms with E-state index >= 15 is 0 Å². The maximum Gasteiger partial charge on any atom is 0.137 e. The van der Waals surface area contributed by atoms with Crippen molar-refractivity contribution in [2.75, 3.05) is 0 Å². The molecule has 100 valence electrons. The lowest BCUT2D eigenvalue weighted by molar-refractivity contribution is 0.605. The highest BCUT2D eigenvalue weighted by atomic mass is 79.9. The number of benzene rings is 2. The van der Waals surface area contributed by atoms with Crippen molar-refractivity contribution in [2.45, 2.75) is 11.8 Å². The van der Waals surface area contributed by atoms with E-state index in [1.807, 2.05) is 0 Å². The van der Waals surface area contributed by atoms with E-state index in [9.17, 15) is 8.78 Å². The molecular formula is C14H9BrCl2F2. The molecule has 5 heteroatoms. The van der Waals surface area contributed by atoms with Crippen LogP contribution in [0.3, 0.4) is 0 Å². The van der Waals surface area contributed by atoms with Crippen molar-refractivity contribution < 1.29 is 8.78 Å². The molecule has 0 aliphatic carbocycles. The van der Waals surface area contributed by atoms with Crippen LogP contribution in [0.2, 0.25) is 5.02 Å². The first-order valence-electron chi connectivity index (χ1n) is 5.51. The van der Waals surface area contributed by atoms with E-state index in [4.69, 9.17) is 23.2 Å². The highest BCUT2D eigenvalue weighted by Crippen LogP contribution is 2.31. The molecule has 19 heavy (non-hydrogen) atoms. The summed E-state index contributed by atoms with van der Waals surface area (Å²) in [6.45, 7) is 0. The van der Waals surface area contributed by atoms with Crippen LogP contribution in [0, 0.1) is 11.6 Å². The van der Waals surface area contributed by atoms with Gasteiger partial charge < -0.3 is 0 Å². The predicted molar refractivity (Wildman–Crippen MR) is 77.8 cm³/mol. The molecule has 2 rings (SSSR count). The van der Waals surface area contributed by atoms with E-state index in [1.54, 1.807) is 18.2 Å². The normalized spacial score (nSPS) is 12.5. The van der Waals surface area contributed by atoms with Gasteiger partial charge in [0, 0.05) is 10.6 Å². The van der Waals surface area contributed by atoms with Crippen LogP contribution in [0.15, 0.2) is 40.9 Å². The summed E-state index contributed by atoms with van der Waals surface area (Å²) in [6.07, 6.45) is 0.203. The molecule has 1 atom stereocenters. The molecule has 0 aliphatic heterocycles. The molecular weight excluding hydrogens is 357 g/mol. The third-order valence-electron chi connectivity index (χ3n) is 2.75. The molecule has 2 aromatic rings. The van der Waals surface area contributed by atoms with Gasteiger partial charge in [0.2, 0.25) is 0 Å². The number of hydrogen-bond donors (Lipinski definition) is 0. The van der Waals surface area contributed by atoms with Gasteiger partial charge in [0.1, 0.15) is 11.6 Å². The first kappa shape index (κ1) is 14.8. The molecule has 0 nitrogen and oxygen atoms in total. The fraction of sp³-hybridized carbons (Fsp3) is 0.143. The van der Waals surface area contributed by atoms with Crippen LogP contribution in [0.25, 0.3) is 0 Å². The van der Waals surface area contributed by atoms with Gasteiger partial charge >= 0.3 is 0 Å². The van der Waals surface area contributed by atoms with Crippen molar-refractivity contribution in [3.63, 3.8) is 0 Å². The van der Waals surface area contributed by atoms with Crippen LogP contribution in [0.1, 0.15) is 16.5 Å². The maximum atomic E-state index is 13.6. The van der Waals surface area contributed by atoms with Crippen molar-refractivity contribution in [2.24, 2.45) is 0 Å². The molecule has 0 radical (unpaired) electrons. The van der Waals surface area contributed by atoms with Crippen molar-refractivity contribution in [1.82, 2.24) is 0 Å². The SMILES string of the molecule is Fc1cc(C(Cl)Cc2c(F)cccc2Cl)ccc1Br. The fourth-order valence-electron chi connectivity index (χ4n) is 1.73. The molecule has 0 fully saturated rings. The lowest BCUT2D eigenvalue weighted by Crippen LogP contribution is -2.00.